The van der Waals surface area contributed by atoms with Gasteiger partial charge in [0, 0.05) is 25.6 Å². The summed E-state index contributed by atoms with van der Waals surface area (Å²) in [5.74, 6) is 0.107. The maximum Gasteiger partial charge on any atom is 0.228 e. The monoisotopic (exact) mass is 274 g/mol. The molecular formula is C16H22N2O2. The number of rotatable bonds is 4. The first-order chi connectivity index (χ1) is 9.58. The van der Waals surface area contributed by atoms with Crippen LogP contribution in [0.15, 0.2) is 30.3 Å². The number of hydrogen-bond donors (Lipinski definition) is 1. The number of nitrogens with one attached hydrogen (secondary N) is 1. The molecule has 1 N–H and O–H groups in total. The quantitative estimate of drug-likeness (QED) is 0.912. The summed E-state index contributed by atoms with van der Waals surface area (Å²) >= 11 is 0. The Labute approximate surface area is 120 Å². The largest absolute Gasteiger partial charge is 0.355 e. The van der Waals surface area contributed by atoms with Gasteiger partial charge in [-0.1, -0.05) is 30.3 Å². The minimum absolute atomic E-state index is 0.0493. The van der Waals surface area contributed by atoms with Crippen molar-refractivity contribution in [2.45, 2.75) is 39.3 Å². The molecule has 1 saturated heterocycles. The van der Waals surface area contributed by atoms with Crippen molar-refractivity contribution >= 4 is 11.8 Å². The standard InChI is InChI=1S/C16H22N2O2/c1-12(2)18(11-13-6-4-3-5-7-13)16(20)14-8-9-15(19)17-10-14/h3-7,12,14H,8-11H2,1-2H3,(H,17,19). The lowest BCUT2D eigenvalue weighted by Crippen LogP contribution is -2.46. The third-order valence-corrected chi connectivity index (χ3v) is 3.72. The van der Waals surface area contributed by atoms with Crippen molar-refractivity contribution in [1.29, 1.82) is 0 Å². The van der Waals surface area contributed by atoms with E-state index >= 15 is 0 Å². The van der Waals surface area contributed by atoms with Crippen LogP contribution in [0.4, 0.5) is 0 Å². The van der Waals surface area contributed by atoms with Crippen molar-refractivity contribution in [3.05, 3.63) is 35.9 Å². The summed E-state index contributed by atoms with van der Waals surface area (Å²) in [5, 5.41) is 2.78. The average molecular weight is 274 g/mol. The van der Waals surface area contributed by atoms with Gasteiger partial charge in [-0.15, -0.1) is 0 Å². The van der Waals surface area contributed by atoms with E-state index in [1.165, 1.54) is 0 Å². The maximum absolute atomic E-state index is 12.6. The lowest BCUT2D eigenvalue weighted by atomic mass is 9.96. The fourth-order valence-electron chi connectivity index (χ4n) is 2.47. The molecule has 1 aromatic carbocycles. The lowest BCUT2D eigenvalue weighted by molar-refractivity contribution is -0.139. The molecule has 2 rings (SSSR count). The van der Waals surface area contributed by atoms with Crippen molar-refractivity contribution < 1.29 is 9.59 Å². The van der Waals surface area contributed by atoms with Gasteiger partial charge in [-0.25, -0.2) is 0 Å². The van der Waals surface area contributed by atoms with Crippen LogP contribution in [-0.2, 0) is 16.1 Å². The van der Waals surface area contributed by atoms with Crippen molar-refractivity contribution in [3.63, 3.8) is 0 Å². The molecule has 0 bridgehead atoms. The maximum atomic E-state index is 12.6. The Bertz CT molecular complexity index is 461. The Morgan fingerprint density at radius 1 is 1.35 bits per heavy atom. The third-order valence-electron chi connectivity index (χ3n) is 3.72. The van der Waals surface area contributed by atoms with Gasteiger partial charge in [-0.2, -0.15) is 0 Å². The summed E-state index contributed by atoms with van der Waals surface area (Å²) in [4.78, 5) is 25.7. The van der Waals surface area contributed by atoms with Gasteiger partial charge in [0.05, 0.1) is 5.92 Å². The van der Waals surface area contributed by atoms with Crippen LogP contribution in [-0.4, -0.2) is 29.3 Å². The Morgan fingerprint density at radius 3 is 2.60 bits per heavy atom. The molecule has 1 unspecified atom stereocenters. The molecule has 1 heterocycles. The first-order valence-electron chi connectivity index (χ1n) is 7.19. The molecule has 1 aromatic rings. The van der Waals surface area contributed by atoms with Gasteiger partial charge in [-0.05, 0) is 25.8 Å². The predicted molar refractivity (Wildman–Crippen MR) is 77.9 cm³/mol. The van der Waals surface area contributed by atoms with Crippen LogP contribution in [0.1, 0.15) is 32.3 Å². The second-order valence-corrected chi connectivity index (χ2v) is 5.59. The molecule has 1 atom stereocenters. The number of carbonyl (C=O) groups excluding carboxylic acids is 2. The van der Waals surface area contributed by atoms with E-state index < -0.39 is 0 Å². The van der Waals surface area contributed by atoms with Gasteiger partial charge in [0.2, 0.25) is 11.8 Å². The minimum Gasteiger partial charge on any atom is -0.355 e. The fraction of sp³-hybridized carbons (Fsp3) is 0.500. The van der Waals surface area contributed by atoms with Crippen molar-refractivity contribution in [3.8, 4) is 0 Å². The molecule has 0 aromatic heterocycles. The normalized spacial score (nSPS) is 18.8. The first-order valence-corrected chi connectivity index (χ1v) is 7.19. The van der Waals surface area contributed by atoms with E-state index in [4.69, 9.17) is 0 Å². The second kappa shape index (κ2) is 6.55. The molecule has 1 fully saturated rings. The molecule has 0 aliphatic carbocycles. The average Bonchev–Trinajstić information content (AvgIpc) is 2.45. The Hall–Kier alpha value is -1.84. The van der Waals surface area contributed by atoms with Crippen LogP contribution in [0.5, 0.6) is 0 Å². The molecule has 1 aliphatic rings. The van der Waals surface area contributed by atoms with Crippen molar-refractivity contribution in [2.75, 3.05) is 6.54 Å². The molecule has 4 heteroatoms. The van der Waals surface area contributed by atoms with E-state index in [2.05, 4.69) is 5.32 Å². The topological polar surface area (TPSA) is 49.4 Å². The van der Waals surface area contributed by atoms with Crippen LogP contribution in [0.2, 0.25) is 0 Å². The second-order valence-electron chi connectivity index (χ2n) is 5.59. The summed E-state index contributed by atoms with van der Waals surface area (Å²) in [6.45, 7) is 5.15. The number of amides is 2. The zero-order chi connectivity index (χ0) is 14.5. The number of hydrogen-bond acceptors (Lipinski definition) is 2. The summed E-state index contributed by atoms with van der Waals surface area (Å²) in [6.07, 6.45) is 1.11. The molecule has 2 amide bonds. The van der Waals surface area contributed by atoms with E-state index in [9.17, 15) is 9.59 Å². The Morgan fingerprint density at radius 2 is 2.05 bits per heavy atom. The first kappa shape index (κ1) is 14.6. The van der Waals surface area contributed by atoms with E-state index in [-0.39, 0.29) is 23.8 Å². The zero-order valence-electron chi connectivity index (χ0n) is 12.1. The molecule has 0 saturated carbocycles. The Balaban J connectivity index is 2.04. The highest BCUT2D eigenvalue weighted by atomic mass is 16.2. The summed E-state index contributed by atoms with van der Waals surface area (Å²) < 4.78 is 0. The highest BCUT2D eigenvalue weighted by molar-refractivity contribution is 5.83. The smallest absolute Gasteiger partial charge is 0.228 e. The molecule has 4 nitrogen and oxygen atoms in total. The summed E-state index contributed by atoms with van der Waals surface area (Å²) in [5.41, 5.74) is 1.13. The SMILES string of the molecule is CC(C)N(Cc1ccccc1)C(=O)C1CCC(=O)NC1. The van der Waals surface area contributed by atoms with Crippen LogP contribution in [0.25, 0.3) is 0 Å². The van der Waals surface area contributed by atoms with Crippen molar-refractivity contribution in [2.24, 2.45) is 5.92 Å². The van der Waals surface area contributed by atoms with Crippen LogP contribution in [0.3, 0.4) is 0 Å². The highest BCUT2D eigenvalue weighted by Crippen LogP contribution is 2.18. The van der Waals surface area contributed by atoms with Crippen LogP contribution < -0.4 is 5.32 Å². The van der Waals surface area contributed by atoms with Gasteiger partial charge < -0.3 is 10.2 Å². The summed E-state index contributed by atoms with van der Waals surface area (Å²) in [7, 11) is 0. The van der Waals surface area contributed by atoms with Gasteiger partial charge in [0.15, 0.2) is 0 Å². The van der Waals surface area contributed by atoms with Crippen molar-refractivity contribution in [1.82, 2.24) is 10.2 Å². The minimum atomic E-state index is -0.0844. The molecular weight excluding hydrogens is 252 g/mol. The van der Waals surface area contributed by atoms with E-state index in [1.807, 2.05) is 49.1 Å². The number of benzene rings is 1. The highest BCUT2D eigenvalue weighted by Gasteiger charge is 2.29. The van der Waals surface area contributed by atoms with Crippen LogP contribution in [0, 0.1) is 5.92 Å². The number of nitrogens with zero attached hydrogens (tertiary/aromatic N) is 1. The molecule has 0 radical (unpaired) electrons. The van der Waals surface area contributed by atoms with Gasteiger partial charge in [0.25, 0.3) is 0 Å². The van der Waals surface area contributed by atoms with Crippen LogP contribution >= 0.6 is 0 Å². The summed E-state index contributed by atoms with van der Waals surface area (Å²) in [6, 6.07) is 10.2. The Kier molecular flexibility index (Phi) is 4.77. The molecule has 1 aliphatic heterocycles. The van der Waals surface area contributed by atoms with E-state index in [0.717, 1.165) is 5.56 Å². The molecule has 0 spiro atoms. The van der Waals surface area contributed by atoms with Gasteiger partial charge in [0.1, 0.15) is 0 Å². The molecule has 108 valence electrons. The van der Waals surface area contributed by atoms with Gasteiger partial charge in [-0.3, -0.25) is 9.59 Å². The molecule has 20 heavy (non-hydrogen) atoms. The number of piperidine rings is 1. The third kappa shape index (κ3) is 3.59. The zero-order valence-corrected chi connectivity index (χ0v) is 12.1. The van der Waals surface area contributed by atoms with E-state index in [1.54, 1.807) is 0 Å². The van der Waals surface area contributed by atoms with E-state index in [0.29, 0.717) is 25.9 Å². The lowest BCUT2D eigenvalue weighted by Gasteiger charge is -2.32. The predicted octanol–water partition coefficient (Wildman–Crippen LogP) is 1.95. The van der Waals surface area contributed by atoms with Gasteiger partial charge >= 0.3 is 0 Å². The fourth-order valence-corrected chi connectivity index (χ4v) is 2.47. The number of carbonyl (C=O) groups is 2.